The number of rotatable bonds is 4. The molecule has 2 N–H and O–H groups in total. The summed E-state index contributed by atoms with van der Waals surface area (Å²) in [6.07, 6.45) is 0.945. The number of ether oxygens (including phenoxy) is 1. The number of hydrogen-bond donors (Lipinski definition) is 2. The Labute approximate surface area is 119 Å². The van der Waals surface area contributed by atoms with Crippen LogP contribution in [0.1, 0.15) is 33.3 Å². The van der Waals surface area contributed by atoms with Crippen LogP contribution in [0.25, 0.3) is 0 Å². The van der Waals surface area contributed by atoms with Gasteiger partial charge in [0.1, 0.15) is 11.9 Å². The van der Waals surface area contributed by atoms with Crippen LogP contribution in [0, 0.1) is 0 Å². The summed E-state index contributed by atoms with van der Waals surface area (Å²) in [5.74, 6) is 0.914. The molecule has 0 fully saturated rings. The highest BCUT2D eigenvalue weighted by Crippen LogP contribution is 2.31. The smallest absolute Gasteiger partial charge is 0.123 e. The second-order valence-electron chi connectivity index (χ2n) is 6.26. The molecule has 1 aliphatic heterocycles. The first-order chi connectivity index (χ1) is 8.69. The first kappa shape index (κ1) is 14.6. The Morgan fingerprint density at radius 3 is 2.68 bits per heavy atom. The van der Waals surface area contributed by atoms with Crippen LogP contribution in [-0.2, 0) is 6.42 Å². The summed E-state index contributed by atoms with van der Waals surface area (Å²) < 4.78 is 5.87. The maximum absolute atomic E-state index is 10.1. The van der Waals surface area contributed by atoms with Gasteiger partial charge in [0.2, 0.25) is 0 Å². The number of benzene rings is 1. The Kier molecular flexibility index (Phi) is 3.83. The van der Waals surface area contributed by atoms with Gasteiger partial charge >= 0.3 is 0 Å². The molecular formula is C15H22ClNO2. The lowest BCUT2D eigenvalue weighted by molar-refractivity contribution is -0.00789. The van der Waals surface area contributed by atoms with E-state index in [0.717, 1.165) is 22.8 Å². The summed E-state index contributed by atoms with van der Waals surface area (Å²) in [6.45, 7) is 8.30. The molecule has 1 heterocycles. The average Bonchev–Trinajstić information content (AvgIpc) is 2.67. The topological polar surface area (TPSA) is 41.5 Å². The zero-order valence-electron chi connectivity index (χ0n) is 12.0. The van der Waals surface area contributed by atoms with Crippen LogP contribution in [0.2, 0.25) is 5.02 Å². The second kappa shape index (κ2) is 4.97. The van der Waals surface area contributed by atoms with Crippen molar-refractivity contribution < 1.29 is 9.84 Å². The fourth-order valence-electron chi connectivity index (χ4n) is 1.99. The van der Waals surface area contributed by atoms with Crippen molar-refractivity contribution in [1.82, 2.24) is 5.32 Å². The molecule has 0 saturated heterocycles. The van der Waals surface area contributed by atoms with E-state index < -0.39 is 5.60 Å². The van der Waals surface area contributed by atoms with E-state index in [2.05, 4.69) is 5.32 Å². The van der Waals surface area contributed by atoms with Crippen molar-refractivity contribution >= 4 is 11.6 Å². The van der Waals surface area contributed by atoms with Crippen molar-refractivity contribution in [2.75, 3.05) is 6.54 Å². The highest BCUT2D eigenvalue weighted by atomic mass is 35.5. The molecule has 0 bridgehead atoms. The molecule has 0 aliphatic carbocycles. The Hall–Kier alpha value is -0.770. The Balaban J connectivity index is 1.94. The molecule has 19 heavy (non-hydrogen) atoms. The lowest BCUT2D eigenvalue weighted by atomic mass is 9.86. The lowest BCUT2D eigenvalue weighted by Crippen LogP contribution is -2.57. The van der Waals surface area contributed by atoms with Gasteiger partial charge in [0.25, 0.3) is 0 Å². The number of fused-ring (bicyclic) bond motifs is 1. The minimum absolute atomic E-state index is 0.0927. The molecule has 1 aliphatic rings. The maximum atomic E-state index is 10.1. The van der Waals surface area contributed by atoms with Crippen LogP contribution in [-0.4, -0.2) is 28.9 Å². The molecule has 0 amide bonds. The largest absolute Gasteiger partial charge is 0.488 e. The van der Waals surface area contributed by atoms with Crippen LogP contribution in [0.3, 0.4) is 0 Å². The summed E-state index contributed by atoms with van der Waals surface area (Å²) >= 11 is 5.98. The van der Waals surface area contributed by atoms with E-state index in [0.29, 0.717) is 6.54 Å². The molecular weight excluding hydrogens is 262 g/mol. The third-order valence-corrected chi connectivity index (χ3v) is 4.30. The summed E-state index contributed by atoms with van der Waals surface area (Å²) in [5.41, 5.74) is -0.00904. The number of aliphatic hydroxyl groups is 1. The molecule has 2 rings (SSSR count). The van der Waals surface area contributed by atoms with Crippen molar-refractivity contribution in [2.45, 2.75) is 51.4 Å². The van der Waals surface area contributed by atoms with Gasteiger partial charge in [-0.3, -0.25) is 0 Å². The van der Waals surface area contributed by atoms with Crippen molar-refractivity contribution in [3.63, 3.8) is 0 Å². The fraction of sp³-hybridized carbons (Fsp3) is 0.600. The zero-order valence-corrected chi connectivity index (χ0v) is 12.7. The molecule has 0 spiro atoms. The first-order valence-corrected chi connectivity index (χ1v) is 6.99. The molecule has 106 valence electrons. The number of hydrogen-bond acceptors (Lipinski definition) is 3. The standard InChI is InChI=1S/C15H22ClNO2/c1-14(2,15(3,4)18)17-9-12-8-10-7-11(16)5-6-13(10)19-12/h5-7,12,17-18H,8-9H2,1-4H3. The minimum Gasteiger partial charge on any atom is -0.488 e. The average molecular weight is 284 g/mol. The van der Waals surface area contributed by atoms with Crippen molar-refractivity contribution in [3.8, 4) is 5.75 Å². The van der Waals surface area contributed by atoms with Crippen LogP contribution >= 0.6 is 11.6 Å². The summed E-state index contributed by atoms with van der Waals surface area (Å²) in [6, 6.07) is 5.72. The van der Waals surface area contributed by atoms with E-state index in [1.54, 1.807) is 0 Å². The predicted octanol–water partition coefficient (Wildman–Crippen LogP) is 2.78. The van der Waals surface area contributed by atoms with Crippen LogP contribution < -0.4 is 10.1 Å². The van der Waals surface area contributed by atoms with E-state index in [1.807, 2.05) is 45.9 Å². The van der Waals surface area contributed by atoms with Gasteiger partial charge < -0.3 is 15.2 Å². The van der Waals surface area contributed by atoms with E-state index in [1.165, 1.54) is 0 Å². The van der Waals surface area contributed by atoms with Gasteiger partial charge in [-0.1, -0.05) is 11.6 Å². The third-order valence-electron chi connectivity index (χ3n) is 4.06. The van der Waals surface area contributed by atoms with Gasteiger partial charge in [-0.2, -0.15) is 0 Å². The van der Waals surface area contributed by atoms with Gasteiger partial charge in [0, 0.05) is 23.5 Å². The van der Waals surface area contributed by atoms with E-state index in [-0.39, 0.29) is 11.6 Å². The molecule has 0 saturated carbocycles. The normalized spacial score (nSPS) is 19.2. The van der Waals surface area contributed by atoms with Gasteiger partial charge in [-0.05, 0) is 51.5 Å². The fourth-order valence-corrected chi connectivity index (χ4v) is 2.18. The summed E-state index contributed by atoms with van der Waals surface area (Å²) in [4.78, 5) is 0. The quantitative estimate of drug-likeness (QED) is 0.893. The minimum atomic E-state index is -0.790. The summed E-state index contributed by atoms with van der Waals surface area (Å²) in [5, 5.41) is 14.2. The molecule has 1 unspecified atom stereocenters. The zero-order chi connectivity index (χ0) is 14.3. The number of halogens is 1. The van der Waals surface area contributed by atoms with E-state index in [4.69, 9.17) is 16.3 Å². The number of nitrogens with one attached hydrogen (secondary N) is 1. The van der Waals surface area contributed by atoms with Crippen LogP contribution in [0.5, 0.6) is 5.75 Å². The van der Waals surface area contributed by atoms with E-state index >= 15 is 0 Å². The molecule has 3 nitrogen and oxygen atoms in total. The highest BCUT2D eigenvalue weighted by Gasteiger charge is 2.35. The predicted molar refractivity (Wildman–Crippen MR) is 78.0 cm³/mol. The van der Waals surface area contributed by atoms with Crippen molar-refractivity contribution in [3.05, 3.63) is 28.8 Å². The lowest BCUT2D eigenvalue weighted by Gasteiger charge is -2.38. The summed E-state index contributed by atoms with van der Waals surface area (Å²) in [7, 11) is 0. The van der Waals surface area contributed by atoms with Gasteiger partial charge in [0.15, 0.2) is 0 Å². The molecule has 4 heteroatoms. The molecule has 1 aromatic rings. The van der Waals surface area contributed by atoms with Crippen molar-refractivity contribution in [2.24, 2.45) is 0 Å². The van der Waals surface area contributed by atoms with E-state index in [9.17, 15) is 5.11 Å². The Morgan fingerprint density at radius 2 is 2.05 bits per heavy atom. The molecule has 1 atom stereocenters. The van der Waals surface area contributed by atoms with Gasteiger partial charge in [-0.25, -0.2) is 0 Å². The van der Waals surface area contributed by atoms with Crippen LogP contribution in [0.15, 0.2) is 18.2 Å². The molecule has 1 aromatic carbocycles. The SMILES string of the molecule is CC(C)(O)C(C)(C)NCC1Cc2cc(Cl)ccc2O1. The van der Waals surface area contributed by atoms with Gasteiger partial charge in [0.05, 0.1) is 5.60 Å². The third kappa shape index (κ3) is 3.22. The highest BCUT2D eigenvalue weighted by molar-refractivity contribution is 6.30. The van der Waals surface area contributed by atoms with Crippen LogP contribution in [0.4, 0.5) is 0 Å². The Bertz CT molecular complexity index is 466. The van der Waals surface area contributed by atoms with Crippen molar-refractivity contribution in [1.29, 1.82) is 0 Å². The Morgan fingerprint density at radius 1 is 1.37 bits per heavy atom. The first-order valence-electron chi connectivity index (χ1n) is 6.61. The monoisotopic (exact) mass is 283 g/mol. The molecule has 0 radical (unpaired) electrons. The molecule has 0 aromatic heterocycles. The van der Waals surface area contributed by atoms with Gasteiger partial charge in [-0.15, -0.1) is 0 Å². The maximum Gasteiger partial charge on any atom is 0.123 e. The second-order valence-corrected chi connectivity index (χ2v) is 6.70.